The van der Waals surface area contributed by atoms with Gasteiger partial charge in [-0.15, -0.1) is 0 Å². The number of carbonyl (C=O) groups is 1. The van der Waals surface area contributed by atoms with Gasteiger partial charge in [0.25, 0.3) is 5.56 Å². The van der Waals surface area contributed by atoms with Crippen LogP contribution in [0.5, 0.6) is 0 Å². The highest BCUT2D eigenvalue weighted by atomic mass is 16.5. The molecule has 0 spiro atoms. The zero-order valence-electron chi connectivity index (χ0n) is 16.7. The Morgan fingerprint density at radius 2 is 1.90 bits per heavy atom. The summed E-state index contributed by atoms with van der Waals surface area (Å²) in [6.07, 6.45) is 6.18. The van der Waals surface area contributed by atoms with E-state index >= 15 is 0 Å². The van der Waals surface area contributed by atoms with Gasteiger partial charge in [0.05, 0.1) is 11.7 Å². The molecule has 0 saturated carbocycles. The third-order valence-corrected chi connectivity index (χ3v) is 5.41. The maximum atomic E-state index is 12.3. The van der Waals surface area contributed by atoms with Crippen LogP contribution in [0.4, 0.5) is 0 Å². The first-order valence-corrected chi connectivity index (χ1v) is 9.61. The highest BCUT2D eigenvalue weighted by molar-refractivity contribution is 6.04. The molecule has 2 unspecified atom stereocenters. The van der Waals surface area contributed by atoms with Gasteiger partial charge in [-0.25, -0.2) is 0 Å². The van der Waals surface area contributed by atoms with Gasteiger partial charge in [-0.05, 0) is 43.5 Å². The number of aliphatic imine (C=N–C) groups is 1. The summed E-state index contributed by atoms with van der Waals surface area (Å²) in [5.41, 5.74) is 3.90. The molecule has 148 valence electrons. The van der Waals surface area contributed by atoms with E-state index in [1.165, 1.54) is 10.6 Å². The Morgan fingerprint density at radius 1 is 1.14 bits per heavy atom. The summed E-state index contributed by atoms with van der Waals surface area (Å²) in [5.74, 6) is 1.17. The monoisotopic (exact) mass is 389 g/mol. The maximum Gasteiger partial charge on any atom is 0.255 e. The minimum absolute atomic E-state index is 0.153. The van der Waals surface area contributed by atoms with E-state index in [-0.39, 0.29) is 11.6 Å². The summed E-state index contributed by atoms with van der Waals surface area (Å²) in [4.78, 5) is 30.5. The summed E-state index contributed by atoms with van der Waals surface area (Å²) in [7, 11) is 0. The first kappa shape index (κ1) is 18.9. The standard InChI is InChI=1S/C23H23N3O3/c1-15-7-6-8-16(2)19(15)14-29-21-11-18(25-10-5-4-9-22(25)28)12-26-20(13-27)17(3)24-23(21)26/h4-13,17,20H,14H2,1-3H3. The number of hydrogen-bond donors (Lipinski definition) is 0. The Kier molecular flexibility index (Phi) is 4.92. The second kappa shape index (κ2) is 7.54. The lowest BCUT2D eigenvalue weighted by atomic mass is 10.0. The van der Waals surface area contributed by atoms with Gasteiger partial charge in [-0.2, -0.15) is 0 Å². The Morgan fingerprint density at radius 3 is 2.59 bits per heavy atom. The highest BCUT2D eigenvalue weighted by Crippen LogP contribution is 2.29. The Hall–Kier alpha value is -3.41. The van der Waals surface area contributed by atoms with Gasteiger partial charge in [0.2, 0.25) is 0 Å². The SMILES string of the molecule is Cc1cccc(C)c1COC1=CC(n2ccccc2=O)=CN2C1=NC(C)C2C=O. The summed E-state index contributed by atoms with van der Waals surface area (Å²) < 4.78 is 7.73. The third-order valence-electron chi connectivity index (χ3n) is 5.41. The predicted molar refractivity (Wildman–Crippen MR) is 112 cm³/mol. The number of nitrogens with zero attached hydrogens (tertiary/aromatic N) is 3. The molecule has 2 aliphatic heterocycles. The number of pyridine rings is 1. The molecule has 0 aliphatic carbocycles. The number of aldehydes is 1. The van der Waals surface area contributed by atoms with Crippen molar-refractivity contribution in [3.8, 4) is 0 Å². The molecule has 1 aromatic heterocycles. The fraction of sp³-hybridized carbons (Fsp3) is 0.261. The van der Waals surface area contributed by atoms with Crippen LogP contribution in [-0.2, 0) is 16.1 Å². The molecule has 4 rings (SSSR count). The van der Waals surface area contributed by atoms with Crippen LogP contribution in [0.2, 0.25) is 0 Å². The van der Waals surface area contributed by atoms with Crippen LogP contribution in [0, 0.1) is 13.8 Å². The highest BCUT2D eigenvalue weighted by Gasteiger charge is 2.37. The Labute approximate surface area is 169 Å². The number of aromatic nitrogens is 1. The Bertz CT molecular complexity index is 1090. The van der Waals surface area contributed by atoms with Crippen molar-refractivity contribution in [2.45, 2.75) is 39.5 Å². The molecule has 0 N–H and O–H groups in total. The number of aryl methyl sites for hydroxylation is 2. The molecule has 6 nitrogen and oxygen atoms in total. The van der Waals surface area contributed by atoms with Gasteiger partial charge in [-0.3, -0.25) is 14.4 Å². The van der Waals surface area contributed by atoms with Crippen LogP contribution < -0.4 is 5.56 Å². The Balaban J connectivity index is 1.73. The lowest BCUT2D eigenvalue weighted by Crippen LogP contribution is -2.39. The molecule has 0 radical (unpaired) electrons. The summed E-state index contributed by atoms with van der Waals surface area (Å²) in [5, 5.41) is 0. The molecule has 6 heteroatoms. The number of rotatable bonds is 5. The molecule has 3 heterocycles. The number of benzene rings is 1. The van der Waals surface area contributed by atoms with Crippen LogP contribution in [0.25, 0.3) is 5.70 Å². The normalized spacial score (nSPS) is 20.5. The topological polar surface area (TPSA) is 63.9 Å². The first-order valence-electron chi connectivity index (χ1n) is 9.61. The molecule has 0 bridgehead atoms. The van der Waals surface area contributed by atoms with Crippen molar-refractivity contribution in [1.29, 1.82) is 0 Å². The lowest BCUT2D eigenvalue weighted by Gasteiger charge is -2.28. The molecule has 0 saturated heterocycles. The van der Waals surface area contributed by atoms with Crippen LogP contribution in [0.1, 0.15) is 23.6 Å². The van der Waals surface area contributed by atoms with Gasteiger partial charge in [0.15, 0.2) is 11.6 Å². The quantitative estimate of drug-likeness (QED) is 0.738. The van der Waals surface area contributed by atoms with E-state index in [9.17, 15) is 9.59 Å². The third kappa shape index (κ3) is 3.42. The zero-order valence-corrected chi connectivity index (χ0v) is 16.7. The second-order valence-corrected chi connectivity index (χ2v) is 7.36. The largest absolute Gasteiger partial charge is 0.485 e. The van der Waals surface area contributed by atoms with Crippen molar-refractivity contribution < 1.29 is 9.53 Å². The fourth-order valence-electron chi connectivity index (χ4n) is 3.71. The fourth-order valence-corrected chi connectivity index (χ4v) is 3.71. The van der Waals surface area contributed by atoms with E-state index in [1.807, 2.05) is 19.1 Å². The van der Waals surface area contributed by atoms with E-state index in [0.29, 0.717) is 23.9 Å². The molecule has 2 aliphatic rings. The van der Waals surface area contributed by atoms with Crippen molar-refractivity contribution in [1.82, 2.24) is 9.47 Å². The van der Waals surface area contributed by atoms with Crippen LogP contribution >= 0.6 is 0 Å². The molecular formula is C23H23N3O3. The molecule has 0 amide bonds. The van der Waals surface area contributed by atoms with Crippen LogP contribution in [0.3, 0.4) is 0 Å². The smallest absolute Gasteiger partial charge is 0.255 e. The molecule has 2 aromatic rings. The summed E-state index contributed by atoms with van der Waals surface area (Å²) in [6.45, 7) is 6.39. The number of carbonyl (C=O) groups excluding carboxylic acids is 1. The van der Waals surface area contributed by atoms with E-state index in [1.54, 1.807) is 29.4 Å². The van der Waals surface area contributed by atoms with Crippen LogP contribution in [-0.4, -0.2) is 33.7 Å². The molecule has 29 heavy (non-hydrogen) atoms. The number of amidine groups is 1. The van der Waals surface area contributed by atoms with E-state index in [2.05, 4.69) is 31.0 Å². The van der Waals surface area contributed by atoms with Crippen molar-refractivity contribution in [3.05, 3.63) is 87.7 Å². The summed E-state index contributed by atoms with van der Waals surface area (Å²) >= 11 is 0. The van der Waals surface area contributed by atoms with Crippen molar-refractivity contribution >= 4 is 17.8 Å². The van der Waals surface area contributed by atoms with Crippen molar-refractivity contribution in [2.24, 2.45) is 4.99 Å². The minimum Gasteiger partial charge on any atom is -0.485 e. The van der Waals surface area contributed by atoms with Gasteiger partial charge in [0.1, 0.15) is 18.9 Å². The molecule has 1 aromatic carbocycles. The van der Waals surface area contributed by atoms with E-state index in [0.717, 1.165) is 23.0 Å². The van der Waals surface area contributed by atoms with E-state index in [4.69, 9.17) is 4.74 Å². The zero-order chi connectivity index (χ0) is 20.5. The first-order chi connectivity index (χ1) is 14.0. The lowest BCUT2D eigenvalue weighted by molar-refractivity contribution is -0.110. The molecular weight excluding hydrogens is 366 g/mol. The number of hydrogen-bond acceptors (Lipinski definition) is 5. The summed E-state index contributed by atoms with van der Waals surface area (Å²) in [6, 6.07) is 10.5. The van der Waals surface area contributed by atoms with Gasteiger partial charge >= 0.3 is 0 Å². The number of fused-ring (bicyclic) bond motifs is 1. The van der Waals surface area contributed by atoms with Crippen LogP contribution in [0.15, 0.2) is 70.4 Å². The number of allylic oxidation sites excluding steroid dienone is 2. The predicted octanol–water partition coefficient (Wildman–Crippen LogP) is 3.05. The van der Waals surface area contributed by atoms with Gasteiger partial charge in [-0.1, -0.05) is 24.3 Å². The van der Waals surface area contributed by atoms with Gasteiger partial charge < -0.3 is 14.4 Å². The minimum atomic E-state index is -0.424. The maximum absolute atomic E-state index is 12.3. The van der Waals surface area contributed by atoms with Crippen molar-refractivity contribution in [2.75, 3.05) is 0 Å². The average Bonchev–Trinajstić information content (AvgIpc) is 3.03. The second-order valence-electron chi connectivity index (χ2n) is 7.36. The van der Waals surface area contributed by atoms with Gasteiger partial charge in [0, 0.05) is 24.5 Å². The van der Waals surface area contributed by atoms with Crippen molar-refractivity contribution in [3.63, 3.8) is 0 Å². The molecule has 2 atom stereocenters. The number of ether oxygens (including phenoxy) is 1. The molecule has 0 fully saturated rings. The van der Waals surface area contributed by atoms with E-state index < -0.39 is 6.04 Å². The average molecular weight is 389 g/mol.